The number of carbonyl (C=O) groups is 2. The van der Waals surface area contributed by atoms with Crippen molar-refractivity contribution in [1.29, 1.82) is 0 Å². The van der Waals surface area contributed by atoms with E-state index in [1.807, 2.05) is 44.3 Å². The van der Waals surface area contributed by atoms with Crippen molar-refractivity contribution in [3.63, 3.8) is 0 Å². The Morgan fingerprint density at radius 3 is 2.17 bits per heavy atom. The van der Waals surface area contributed by atoms with Crippen LogP contribution in [0.2, 0.25) is 0 Å². The van der Waals surface area contributed by atoms with E-state index in [0.29, 0.717) is 36.3 Å². The Morgan fingerprint density at radius 1 is 0.952 bits per heavy atom. The zero-order valence-corrected chi connectivity index (χ0v) is 24.4. The Morgan fingerprint density at radius 2 is 1.57 bits per heavy atom. The number of nitrogens with one attached hydrogen (secondary N) is 1. The second-order valence-corrected chi connectivity index (χ2v) is 13.3. The largest absolute Gasteiger partial charge is 0.416 e. The zero-order valence-electron chi connectivity index (χ0n) is 24.4. The van der Waals surface area contributed by atoms with Crippen molar-refractivity contribution in [2.45, 2.75) is 77.6 Å². The topological polar surface area (TPSA) is 56.4 Å². The molecule has 224 valence electrons. The van der Waals surface area contributed by atoms with Gasteiger partial charge < -0.3 is 14.8 Å². The zero-order chi connectivity index (χ0) is 29.6. The van der Waals surface area contributed by atoms with Crippen LogP contribution in [0.25, 0.3) is 10.9 Å². The molecule has 0 spiro atoms. The maximum Gasteiger partial charge on any atom is 0.416 e. The lowest BCUT2D eigenvalue weighted by atomic mass is 9.49. The number of amides is 2. The number of nitrogens with zero attached hydrogens (tertiary/aromatic N) is 2. The molecule has 5 nitrogen and oxygen atoms in total. The van der Waals surface area contributed by atoms with Crippen LogP contribution in [0.15, 0.2) is 54.7 Å². The fraction of sp³-hybridized carbons (Fsp3) is 0.529. The van der Waals surface area contributed by atoms with Crippen molar-refractivity contribution in [2.24, 2.45) is 23.2 Å². The first-order chi connectivity index (χ1) is 20.0. The Labute approximate surface area is 245 Å². The quantitative estimate of drug-likeness (QED) is 0.291. The first-order valence-electron chi connectivity index (χ1n) is 15.3. The van der Waals surface area contributed by atoms with Gasteiger partial charge in [0.25, 0.3) is 0 Å². The molecular weight excluding hydrogens is 539 g/mol. The van der Waals surface area contributed by atoms with E-state index < -0.39 is 11.7 Å². The van der Waals surface area contributed by atoms with Crippen molar-refractivity contribution in [1.82, 2.24) is 14.8 Å². The normalized spacial score (nSPS) is 24.9. The molecule has 0 atom stereocenters. The Hall–Kier alpha value is -3.29. The van der Waals surface area contributed by atoms with Gasteiger partial charge in [-0.15, -0.1) is 0 Å². The minimum absolute atomic E-state index is 0.0211. The molecule has 1 N–H and O–H groups in total. The Bertz CT molecular complexity index is 1410. The first kappa shape index (κ1) is 28.8. The minimum atomic E-state index is -4.42. The third-order valence-electron chi connectivity index (χ3n) is 10.0. The van der Waals surface area contributed by atoms with Gasteiger partial charge in [-0.25, -0.2) is 0 Å². The van der Waals surface area contributed by atoms with Gasteiger partial charge in [0.15, 0.2) is 0 Å². The molecule has 4 bridgehead atoms. The number of H-pyrrole nitrogens is 1. The summed E-state index contributed by atoms with van der Waals surface area (Å²) in [5.41, 5.74) is 1.65. The molecule has 0 saturated heterocycles. The summed E-state index contributed by atoms with van der Waals surface area (Å²) < 4.78 is 39.5. The van der Waals surface area contributed by atoms with Crippen LogP contribution in [0.5, 0.6) is 0 Å². The summed E-state index contributed by atoms with van der Waals surface area (Å²) in [5.74, 6) is 1.81. The van der Waals surface area contributed by atoms with Gasteiger partial charge in [0, 0.05) is 36.2 Å². The number of rotatable bonds is 9. The van der Waals surface area contributed by atoms with E-state index in [1.165, 1.54) is 31.4 Å². The van der Waals surface area contributed by atoms with Crippen LogP contribution in [0.3, 0.4) is 0 Å². The molecule has 7 rings (SSSR count). The summed E-state index contributed by atoms with van der Waals surface area (Å²) >= 11 is 0. The van der Waals surface area contributed by atoms with E-state index in [-0.39, 0.29) is 36.4 Å². The molecule has 2 aromatic carbocycles. The van der Waals surface area contributed by atoms with E-state index in [0.717, 1.165) is 47.9 Å². The highest BCUT2D eigenvalue weighted by molar-refractivity contribution is 5.89. The fourth-order valence-corrected chi connectivity index (χ4v) is 8.32. The van der Waals surface area contributed by atoms with Gasteiger partial charge in [-0.1, -0.05) is 30.3 Å². The van der Waals surface area contributed by atoms with E-state index in [1.54, 1.807) is 9.80 Å². The second-order valence-electron chi connectivity index (χ2n) is 13.3. The molecule has 1 aromatic heterocycles. The number of fused-ring (bicyclic) bond motifs is 1. The number of aromatic nitrogens is 1. The molecule has 4 fully saturated rings. The van der Waals surface area contributed by atoms with E-state index >= 15 is 0 Å². The number of carbonyl (C=O) groups excluding carboxylic acids is 2. The van der Waals surface area contributed by atoms with Gasteiger partial charge in [-0.05, 0) is 106 Å². The molecule has 0 unspecified atom stereocenters. The Balaban J connectivity index is 1.22. The SMILES string of the molecule is CC(C)N(CC(=O)N(CCc1c[nH]c2ccccc12)Cc1ccc(C(F)(F)F)cc1)C(=O)C12CC3CC(CC(C3)C1)C2. The third-order valence-corrected chi connectivity index (χ3v) is 10.0. The van der Waals surface area contributed by atoms with Crippen LogP contribution in [0, 0.1) is 23.2 Å². The predicted molar refractivity (Wildman–Crippen MR) is 156 cm³/mol. The van der Waals surface area contributed by atoms with Gasteiger partial charge in [0.05, 0.1) is 11.0 Å². The minimum Gasteiger partial charge on any atom is -0.361 e. The van der Waals surface area contributed by atoms with Crippen LogP contribution in [0.1, 0.15) is 69.1 Å². The van der Waals surface area contributed by atoms with Gasteiger partial charge in [0.2, 0.25) is 11.8 Å². The maximum absolute atomic E-state index is 14.2. The lowest BCUT2D eigenvalue weighted by Gasteiger charge is -2.57. The number of benzene rings is 2. The molecule has 8 heteroatoms. The highest BCUT2D eigenvalue weighted by Gasteiger charge is 2.56. The molecule has 4 saturated carbocycles. The van der Waals surface area contributed by atoms with Gasteiger partial charge >= 0.3 is 6.18 Å². The van der Waals surface area contributed by atoms with Gasteiger partial charge in [-0.2, -0.15) is 13.2 Å². The second kappa shape index (κ2) is 11.1. The van der Waals surface area contributed by atoms with Gasteiger partial charge in [0.1, 0.15) is 6.54 Å². The van der Waals surface area contributed by atoms with Crippen LogP contribution in [-0.2, 0) is 28.7 Å². The maximum atomic E-state index is 14.2. The summed E-state index contributed by atoms with van der Waals surface area (Å²) in [7, 11) is 0. The summed E-state index contributed by atoms with van der Waals surface area (Å²) in [6, 6.07) is 12.9. The van der Waals surface area contributed by atoms with Gasteiger partial charge in [-0.3, -0.25) is 9.59 Å². The molecule has 1 heterocycles. The number of halogens is 3. The molecular formula is C34H40F3N3O2. The molecule has 3 aromatic rings. The third kappa shape index (κ3) is 5.69. The van der Waals surface area contributed by atoms with Crippen molar-refractivity contribution in [3.05, 3.63) is 71.4 Å². The molecule has 42 heavy (non-hydrogen) atoms. The molecule has 4 aliphatic rings. The van der Waals surface area contributed by atoms with Crippen LogP contribution in [-0.4, -0.2) is 45.7 Å². The van der Waals surface area contributed by atoms with Crippen LogP contribution >= 0.6 is 0 Å². The molecule has 4 aliphatic carbocycles. The molecule has 2 amide bonds. The van der Waals surface area contributed by atoms with E-state index in [2.05, 4.69) is 4.98 Å². The summed E-state index contributed by atoms with van der Waals surface area (Å²) in [6.45, 7) is 4.48. The van der Waals surface area contributed by atoms with Crippen LogP contribution < -0.4 is 0 Å². The molecule has 0 aliphatic heterocycles. The Kier molecular flexibility index (Phi) is 7.60. The summed E-state index contributed by atoms with van der Waals surface area (Å²) in [5, 5.41) is 1.08. The number of alkyl halides is 3. The summed E-state index contributed by atoms with van der Waals surface area (Å²) in [6.07, 6.45) is 4.63. The standard InChI is InChI=1S/C34H40F3N3O2/c1-22(2)40(32(42)33-16-24-13-25(17-33)15-26(14-24)18-33)21-31(41)39(20-23-7-9-28(10-8-23)34(35,36)37)12-11-27-19-38-30-6-4-3-5-29(27)30/h3-10,19,22,24-26,38H,11-18,20-21H2,1-2H3. The van der Waals surface area contributed by atoms with E-state index in [9.17, 15) is 22.8 Å². The van der Waals surface area contributed by atoms with Crippen molar-refractivity contribution >= 4 is 22.7 Å². The number of hydrogen-bond donors (Lipinski definition) is 1. The van der Waals surface area contributed by atoms with Crippen molar-refractivity contribution in [2.75, 3.05) is 13.1 Å². The number of aromatic amines is 1. The van der Waals surface area contributed by atoms with E-state index in [4.69, 9.17) is 0 Å². The average molecular weight is 580 g/mol. The highest BCUT2D eigenvalue weighted by Crippen LogP contribution is 2.60. The van der Waals surface area contributed by atoms with Crippen LogP contribution in [0.4, 0.5) is 13.2 Å². The number of para-hydroxylation sites is 1. The monoisotopic (exact) mass is 579 g/mol. The molecule has 0 radical (unpaired) electrons. The number of hydrogen-bond acceptors (Lipinski definition) is 2. The predicted octanol–water partition coefficient (Wildman–Crippen LogP) is 7.21. The first-order valence-corrected chi connectivity index (χ1v) is 15.3. The van der Waals surface area contributed by atoms with Crippen molar-refractivity contribution < 1.29 is 22.8 Å². The lowest BCUT2D eigenvalue weighted by molar-refractivity contribution is -0.162. The average Bonchev–Trinajstić information content (AvgIpc) is 3.35. The smallest absolute Gasteiger partial charge is 0.361 e. The highest BCUT2D eigenvalue weighted by atomic mass is 19.4. The lowest BCUT2D eigenvalue weighted by Crippen LogP contribution is -2.57. The summed E-state index contributed by atoms with van der Waals surface area (Å²) in [4.78, 5) is 35.0. The fourth-order valence-electron chi connectivity index (χ4n) is 8.32. The van der Waals surface area contributed by atoms with Crippen molar-refractivity contribution in [3.8, 4) is 0 Å².